The fourth-order valence-electron chi connectivity index (χ4n) is 14.6. The lowest BCUT2D eigenvalue weighted by molar-refractivity contribution is -0.391. The molecule has 4 aliphatic carbocycles. The third-order valence-electron chi connectivity index (χ3n) is 18.2. The van der Waals surface area contributed by atoms with Crippen molar-refractivity contribution in [2.45, 2.75) is 209 Å². The molecule has 0 aromatic rings. The van der Waals surface area contributed by atoms with Crippen LogP contribution in [-0.2, 0) is 37.9 Å². The Morgan fingerprint density at radius 2 is 1.24 bits per heavy atom. The standard InChI is InChI=1S/C45H74O17/c1-19-8-13-45(55-18-19)20(2)30-27(62-45)15-26-24-7-6-22-14-23(9-11-43(22,4)25(24)10-12-44(26,30)5)57-42-39(61-41-36(53)34(51)32(49)28(16-46)58-41)37(54)38(29(17-47)59-42)60-40-35(52)33(50)31(48)21(3)56-40/h19-42,46-54H,6-18H2,1-5H3/t19-,20-,21-,22?,23-,24+,25-,26-,27-,28+,29+,30-,31-,32+,33+,34-,35+,36+,37-,38+,39+,40-,41-,42+,43-,44-,45-/m0/s1. The highest BCUT2D eigenvalue weighted by molar-refractivity contribution is 5.15. The van der Waals surface area contributed by atoms with Crippen molar-refractivity contribution in [1.82, 2.24) is 0 Å². The molecule has 9 N–H and O–H groups in total. The molecule has 9 aliphatic rings. The molecule has 1 spiro atoms. The summed E-state index contributed by atoms with van der Waals surface area (Å²) in [7, 11) is 0. The number of ether oxygens (including phenoxy) is 8. The first-order valence-corrected chi connectivity index (χ1v) is 23.7. The largest absolute Gasteiger partial charge is 0.394 e. The monoisotopic (exact) mass is 886 g/mol. The zero-order valence-electron chi connectivity index (χ0n) is 36.8. The number of rotatable bonds is 8. The van der Waals surface area contributed by atoms with Crippen LogP contribution in [0.25, 0.3) is 0 Å². The summed E-state index contributed by atoms with van der Waals surface area (Å²) < 4.78 is 50.0. The van der Waals surface area contributed by atoms with E-state index in [2.05, 4.69) is 27.7 Å². The fraction of sp³-hybridized carbons (Fsp3) is 1.00. The highest BCUT2D eigenvalue weighted by Crippen LogP contribution is 2.71. The Balaban J connectivity index is 0.902. The highest BCUT2D eigenvalue weighted by Gasteiger charge is 2.69. The van der Waals surface area contributed by atoms with Crippen molar-refractivity contribution in [3.8, 4) is 0 Å². The van der Waals surface area contributed by atoms with Crippen molar-refractivity contribution < 1.29 is 83.9 Å². The van der Waals surface area contributed by atoms with Crippen LogP contribution in [0.3, 0.4) is 0 Å². The second kappa shape index (κ2) is 17.4. The molecular formula is C45H74O17. The maximum atomic E-state index is 12.0. The predicted molar refractivity (Wildman–Crippen MR) is 214 cm³/mol. The minimum atomic E-state index is -1.81. The van der Waals surface area contributed by atoms with E-state index in [9.17, 15) is 46.0 Å². The summed E-state index contributed by atoms with van der Waals surface area (Å²) in [6.45, 7) is 10.6. The Kier molecular flexibility index (Phi) is 13.1. The van der Waals surface area contributed by atoms with Gasteiger partial charge in [0, 0.05) is 12.3 Å². The van der Waals surface area contributed by atoms with Gasteiger partial charge in [0.1, 0.15) is 67.1 Å². The molecule has 4 saturated carbocycles. The second-order valence-electron chi connectivity index (χ2n) is 21.5. The van der Waals surface area contributed by atoms with Gasteiger partial charge in [-0.2, -0.15) is 0 Å². The molecule has 5 heterocycles. The van der Waals surface area contributed by atoms with Crippen LogP contribution in [0, 0.1) is 52.3 Å². The smallest absolute Gasteiger partial charge is 0.187 e. The molecular weight excluding hydrogens is 812 g/mol. The van der Waals surface area contributed by atoms with Gasteiger partial charge in [-0.25, -0.2) is 0 Å². The molecule has 9 fully saturated rings. The Hall–Kier alpha value is -0.680. The summed E-state index contributed by atoms with van der Waals surface area (Å²) in [5.74, 6) is 3.15. The quantitative estimate of drug-likeness (QED) is 0.149. The average molecular weight is 887 g/mol. The fourth-order valence-corrected chi connectivity index (χ4v) is 14.6. The summed E-state index contributed by atoms with van der Waals surface area (Å²) in [5.41, 5.74) is 0.311. The van der Waals surface area contributed by atoms with E-state index in [1.807, 2.05) is 0 Å². The van der Waals surface area contributed by atoms with Crippen LogP contribution in [0.5, 0.6) is 0 Å². The van der Waals surface area contributed by atoms with Crippen molar-refractivity contribution in [3.63, 3.8) is 0 Å². The highest BCUT2D eigenvalue weighted by atomic mass is 16.8. The normalized spacial score (nSPS) is 58.9. The van der Waals surface area contributed by atoms with Gasteiger partial charge in [-0.1, -0.05) is 27.7 Å². The summed E-state index contributed by atoms with van der Waals surface area (Å²) in [4.78, 5) is 0. The van der Waals surface area contributed by atoms with Crippen molar-refractivity contribution in [3.05, 3.63) is 0 Å². The third kappa shape index (κ3) is 7.56. The van der Waals surface area contributed by atoms with Crippen LogP contribution in [0.4, 0.5) is 0 Å². The molecule has 1 unspecified atom stereocenters. The zero-order valence-corrected chi connectivity index (χ0v) is 36.8. The Bertz CT molecular complexity index is 1550. The lowest BCUT2D eigenvalue weighted by atomic mass is 9.44. The Morgan fingerprint density at radius 3 is 1.94 bits per heavy atom. The van der Waals surface area contributed by atoms with Crippen molar-refractivity contribution in [2.75, 3.05) is 19.8 Å². The molecule has 0 amide bonds. The number of fused-ring (bicyclic) bond motifs is 7. The maximum absolute atomic E-state index is 12.0. The van der Waals surface area contributed by atoms with Gasteiger partial charge < -0.3 is 83.9 Å². The Morgan fingerprint density at radius 1 is 0.581 bits per heavy atom. The van der Waals surface area contributed by atoms with Gasteiger partial charge in [0.2, 0.25) is 0 Å². The topological polar surface area (TPSA) is 256 Å². The zero-order chi connectivity index (χ0) is 44.2. The summed E-state index contributed by atoms with van der Waals surface area (Å²) in [5, 5.41) is 95.9. The van der Waals surface area contributed by atoms with Crippen molar-refractivity contribution >= 4 is 0 Å². The molecule has 0 radical (unpaired) electrons. The van der Waals surface area contributed by atoms with Crippen LogP contribution < -0.4 is 0 Å². The van der Waals surface area contributed by atoms with Crippen LogP contribution in [0.1, 0.15) is 98.8 Å². The van der Waals surface area contributed by atoms with Gasteiger partial charge in [0.25, 0.3) is 0 Å². The average Bonchev–Trinajstić information content (AvgIpc) is 3.70. The van der Waals surface area contributed by atoms with E-state index in [0.717, 1.165) is 51.6 Å². The number of hydrogen-bond acceptors (Lipinski definition) is 17. The molecule has 9 rings (SSSR count). The molecule has 0 aromatic heterocycles. The molecule has 5 saturated heterocycles. The predicted octanol–water partition coefficient (Wildman–Crippen LogP) is 0.294. The van der Waals surface area contributed by atoms with E-state index in [1.165, 1.54) is 19.8 Å². The third-order valence-corrected chi connectivity index (χ3v) is 18.2. The minimum Gasteiger partial charge on any atom is -0.394 e. The van der Waals surface area contributed by atoms with E-state index in [4.69, 9.17) is 37.9 Å². The second-order valence-corrected chi connectivity index (χ2v) is 21.5. The van der Waals surface area contributed by atoms with Crippen molar-refractivity contribution in [2.24, 2.45) is 52.3 Å². The first kappa shape index (κ1) is 46.4. The molecule has 0 bridgehead atoms. The first-order valence-electron chi connectivity index (χ1n) is 23.7. The number of hydrogen-bond donors (Lipinski definition) is 9. The van der Waals surface area contributed by atoms with E-state index in [1.54, 1.807) is 0 Å². The van der Waals surface area contributed by atoms with Gasteiger partial charge in [0.15, 0.2) is 24.7 Å². The SMILES string of the molecule is C[C@H]1CC[C@]2(OC1)O[C@H]1C[C@H]3[C@@H]4CCC5C[C@@H](O[C@@H]6O[C@H](CO)[C@@H](O[C@@H]7O[C@@H](C)[C@H](O)[C@@H](O)[C@H]7O)[C@H](O)[C@H]6O[C@@H]6O[C@H](CO)[C@@H](O)[C@H](O)[C@H]6O)CC[C@]5(C)[C@H]4CC[C@]3(C)[C@H]1[C@@H]2C. The lowest BCUT2D eigenvalue weighted by Gasteiger charge is -2.61. The number of aliphatic hydroxyl groups excluding tert-OH is 9. The van der Waals surface area contributed by atoms with Gasteiger partial charge in [0.05, 0.1) is 38.1 Å². The van der Waals surface area contributed by atoms with Gasteiger partial charge in [-0.15, -0.1) is 0 Å². The Labute approximate surface area is 364 Å². The van der Waals surface area contributed by atoms with Crippen LogP contribution in [-0.4, -0.2) is 176 Å². The molecule has 356 valence electrons. The molecule has 27 atom stereocenters. The first-order chi connectivity index (χ1) is 29.4. The van der Waals surface area contributed by atoms with E-state index in [-0.39, 0.29) is 23.0 Å². The van der Waals surface area contributed by atoms with Crippen LogP contribution in [0.2, 0.25) is 0 Å². The molecule has 62 heavy (non-hydrogen) atoms. The minimum absolute atomic E-state index is 0.0972. The van der Waals surface area contributed by atoms with Gasteiger partial charge in [-0.3, -0.25) is 0 Å². The van der Waals surface area contributed by atoms with Crippen LogP contribution in [0.15, 0.2) is 0 Å². The van der Waals surface area contributed by atoms with Crippen LogP contribution >= 0.6 is 0 Å². The molecule has 17 nitrogen and oxygen atoms in total. The van der Waals surface area contributed by atoms with E-state index in [0.29, 0.717) is 47.8 Å². The van der Waals surface area contributed by atoms with E-state index < -0.39 is 111 Å². The summed E-state index contributed by atoms with van der Waals surface area (Å²) in [6.07, 6.45) is -12.7. The van der Waals surface area contributed by atoms with E-state index >= 15 is 0 Å². The van der Waals surface area contributed by atoms with Gasteiger partial charge >= 0.3 is 0 Å². The molecule has 17 heteroatoms. The maximum Gasteiger partial charge on any atom is 0.187 e. The van der Waals surface area contributed by atoms with Crippen molar-refractivity contribution in [1.29, 1.82) is 0 Å². The molecule has 5 aliphatic heterocycles. The molecule has 0 aromatic carbocycles. The summed E-state index contributed by atoms with van der Waals surface area (Å²) in [6, 6.07) is 0. The number of aliphatic hydroxyl groups is 9. The summed E-state index contributed by atoms with van der Waals surface area (Å²) >= 11 is 0. The lowest BCUT2D eigenvalue weighted by Crippen LogP contribution is -2.67. The van der Waals surface area contributed by atoms with Gasteiger partial charge in [-0.05, 0) is 111 Å².